The highest BCUT2D eigenvalue weighted by Crippen LogP contribution is 2.20. The Labute approximate surface area is 160 Å². The monoisotopic (exact) mass is 392 g/mol. The van der Waals surface area contributed by atoms with Crippen molar-refractivity contribution in [3.05, 3.63) is 59.9 Å². The highest BCUT2D eigenvalue weighted by atomic mass is 32.2. The third kappa shape index (κ3) is 4.86. The number of piperazine rings is 1. The maximum Gasteiger partial charge on any atom is 0.243 e. The number of sulfonamides is 1. The molecular weight excluding hydrogens is 367 g/mol. The summed E-state index contributed by atoms with van der Waals surface area (Å²) in [5.74, 6) is 0.474. The molecule has 0 amide bonds. The van der Waals surface area contributed by atoms with E-state index in [2.05, 4.69) is 11.0 Å². The van der Waals surface area contributed by atoms with Gasteiger partial charge in [0.1, 0.15) is 11.6 Å². The fourth-order valence-electron chi connectivity index (χ4n) is 3.35. The molecule has 0 saturated carbocycles. The molecule has 0 N–H and O–H groups in total. The molecule has 1 aliphatic heterocycles. The summed E-state index contributed by atoms with van der Waals surface area (Å²) in [6, 6.07) is 13.0. The van der Waals surface area contributed by atoms with Crippen molar-refractivity contribution in [1.82, 2.24) is 9.21 Å². The molecule has 27 heavy (non-hydrogen) atoms. The lowest BCUT2D eigenvalue weighted by molar-refractivity contribution is 0.186. The Bertz CT molecular complexity index is 848. The normalized spacial score (nSPS) is 16.4. The second kappa shape index (κ2) is 8.82. The Hall–Kier alpha value is -1.96. The maximum absolute atomic E-state index is 13.0. The summed E-state index contributed by atoms with van der Waals surface area (Å²) in [7, 11) is -1.87. The molecule has 0 aliphatic carbocycles. The number of nitrogens with zero attached hydrogens (tertiary/aromatic N) is 2. The zero-order chi connectivity index (χ0) is 19.3. The summed E-state index contributed by atoms with van der Waals surface area (Å²) in [6.07, 6.45) is 1.92. The van der Waals surface area contributed by atoms with E-state index in [4.69, 9.17) is 4.74 Å². The SMILES string of the molecule is COc1ccccc1CCCN1CCN(S(=O)(=O)c2ccc(F)cc2)CC1. The summed E-state index contributed by atoms with van der Waals surface area (Å²) in [6.45, 7) is 3.23. The number of benzene rings is 2. The molecule has 1 aliphatic rings. The highest BCUT2D eigenvalue weighted by molar-refractivity contribution is 7.89. The molecule has 0 unspecified atom stereocenters. The first-order valence-electron chi connectivity index (χ1n) is 9.10. The second-order valence-corrected chi connectivity index (χ2v) is 8.55. The van der Waals surface area contributed by atoms with Crippen LogP contribution in [0.15, 0.2) is 53.4 Å². The van der Waals surface area contributed by atoms with Gasteiger partial charge >= 0.3 is 0 Å². The molecule has 3 rings (SSSR count). The van der Waals surface area contributed by atoms with Gasteiger partial charge in [-0.2, -0.15) is 4.31 Å². The largest absolute Gasteiger partial charge is 0.496 e. The Morgan fingerprint density at radius 1 is 1.00 bits per heavy atom. The van der Waals surface area contributed by atoms with E-state index >= 15 is 0 Å². The lowest BCUT2D eigenvalue weighted by atomic mass is 10.1. The molecule has 5 nitrogen and oxygen atoms in total. The summed E-state index contributed by atoms with van der Waals surface area (Å²) in [4.78, 5) is 2.43. The van der Waals surface area contributed by atoms with Crippen LogP contribution >= 0.6 is 0 Å². The molecule has 2 aromatic carbocycles. The van der Waals surface area contributed by atoms with E-state index in [0.29, 0.717) is 26.2 Å². The summed E-state index contributed by atoms with van der Waals surface area (Å²) in [5.41, 5.74) is 1.19. The number of ether oxygens (including phenoxy) is 1. The van der Waals surface area contributed by atoms with Crippen molar-refractivity contribution >= 4 is 10.0 Å². The Kier molecular flexibility index (Phi) is 6.46. The van der Waals surface area contributed by atoms with Crippen molar-refractivity contribution in [2.45, 2.75) is 17.7 Å². The van der Waals surface area contributed by atoms with Crippen LogP contribution < -0.4 is 4.74 Å². The van der Waals surface area contributed by atoms with Crippen molar-refractivity contribution in [3.8, 4) is 5.75 Å². The zero-order valence-corrected chi connectivity index (χ0v) is 16.3. The van der Waals surface area contributed by atoms with Gasteiger partial charge in [-0.25, -0.2) is 12.8 Å². The van der Waals surface area contributed by atoms with Crippen LogP contribution in [0.1, 0.15) is 12.0 Å². The van der Waals surface area contributed by atoms with E-state index in [1.165, 1.54) is 34.1 Å². The quantitative estimate of drug-likeness (QED) is 0.727. The lowest BCUT2D eigenvalue weighted by Crippen LogP contribution is -2.48. The van der Waals surface area contributed by atoms with Gasteiger partial charge < -0.3 is 9.64 Å². The second-order valence-electron chi connectivity index (χ2n) is 6.62. The minimum Gasteiger partial charge on any atom is -0.496 e. The number of methoxy groups -OCH3 is 1. The van der Waals surface area contributed by atoms with Crippen molar-refractivity contribution in [2.75, 3.05) is 39.8 Å². The molecular formula is C20H25FN2O3S. The van der Waals surface area contributed by atoms with E-state index in [1.807, 2.05) is 18.2 Å². The molecule has 1 fully saturated rings. The van der Waals surface area contributed by atoms with Crippen molar-refractivity contribution in [1.29, 1.82) is 0 Å². The predicted octanol–water partition coefficient (Wildman–Crippen LogP) is 2.77. The zero-order valence-electron chi connectivity index (χ0n) is 15.5. The van der Waals surface area contributed by atoms with Gasteiger partial charge in [0.2, 0.25) is 10.0 Å². The summed E-state index contributed by atoms with van der Waals surface area (Å²) in [5, 5.41) is 0. The van der Waals surface area contributed by atoms with Crippen molar-refractivity contribution in [3.63, 3.8) is 0 Å². The Morgan fingerprint density at radius 3 is 2.33 bits per heavy atom. The van der Waals surface area contributed by atoms with Gasteiger partial charge in [-0.05, 0) is 55.3 Å². The molecule has 0 atom stereocenters. The molecule has 146 valence electrons. The third-order valence-corrected chi connectivity index (χ3v) is 6.81. The van der Waals surface area contributed by atoms with Gasteiger partial charge in [-0.15, -0.1) is 0 Å². The van der Waals surface area contributed by atoms with E-state index < -0.39 is 15.8 Å². The van der Waals surface area contributed by atoms with Gasteiger partial charge in [0.15, 0.2) is 0 Å². The average molecular weight is 392 g/mol. The van der Waals surface area contributed by atoms with Crippen LogP contribution in [0.25, 0.3) is 0 Å². The highest BCUT2D eigenvalue weighted by Gasteiger charge is 2.28. The molecule has 0 aromatic heterocycles. The van der Waals surface area contributed by atoms with Crippen LogP contribution in [0.2, 0.25) is 0 Å². The topological polar surface area (TPSA) is 49.9 Å². The number of para-hydroxylation sites is 1. The fraction of sp³-hybridized carbons (Fsp3) is 0.400. The van der Waals surface area contributed by atoms with Crippen LogP contribution in [0.4, 0.5) is 4.39 Å². The molecule has 1 heterocycles. The molecule has 7 heteroatoms. The smallest absolute Gasteiger partial charge is 0.243 e. The van der Waals surface area contributed by atoms with Crippen LogP contribution in [-0.2, 0) is 16.4 Å². The minimum absolute atomic E-state index is 0.147. The molecule has 0 radical (unpaired) electrons. The van der Waals surface area contributed by atoms with E-state index in [1.54, 1.807) is 7.11 Å². The number of hydrogen-bond donors (Lipinski definition) is 0. The van der Waals surface area contributed by atoms with Crippen LogP contribution in [-0.4, -0.2) is 57.5 Å². The van der Waals surface area contributed by atoms with E-state index in [-0.39, 0.29) is 4.90 Å². The summed E-state index contributed by atoms with van der Waals surface area (Å²) >= 11 is 0. The van der Waals surface area contributed by atoms with Crippen LogP contribution in [0.3, 0.4) is 0 Å². The van der Waals surface area contributed by atoms with Crippen molar-refractivity contribution < 1.29 is 17.5 Å². The number of halogens is 1. The molecule has 0 bridgehead atoms. The first-order valence-corrected chi connectivity index (χ1v) is 10.5. The van der Waals surface area contributed by atoms with Gasteiger partial charge in [0, 0.05) is 26.2 Å². The molecule has 2 aromatic rings. The molecule has 1 saturated heterocycles. The lowest BCUT2D eigenvalue weighted by Gasteiger charge is -2.34. The van der Waals surface area contributed by atoms with Gasteiger partial charge in [-0.1, -0.05) is 18.2 Å². The van der Waals surface area contributed by atoms with Crippen LogP contribution in [0.5, 0.6) is 5.75 Å². The third-order valence-electron chi connectivity index (χ3n) is 4.90. The first-order chi connectivity index (χ1) is 13.0. The van der Waals surface area contributed by atoms with Crippen LogP contribution in [0, 0.1) is 5.82 Å². The minimum atomic E-state index is -3.55. The number of hydrogen-bond acceptors (Lipinski definition) is 4. The Morgan fingerprint density at radius 2 is 1.67 bits per heavy atom. The van der Waals surface area contributed by atoms with Gasteiger partial charge in [0.05, 0.1) is 12.0 Å². The fourth-order valence-corrected chi connectivity index (χ4v) is 4.77. The van der Waals surface area contributed by atoms with Gasteiger partial charge in [-0.3, -0.25) is 0 Å². The Balaban J connectivity index is 1.49. The average Bonchev–Trinajstić information content (AvgIpc) is 2.69. The molecule has 0 spiro atoms. The standard InChI is InChI=1S/C20H25FN2O3S/c1-26-20-7-3-2-5-17(20)6-4-12-22-13-15-23(16-14-22)27(24,25)19-10-8-18(21)9-11-19/h2-3,5,7-11H,4,6,12-16H2,1H3. The van der Waals surface area contributed by atoms with E-state index in [9.17, 15) is 12.8 Å². The predicted molar refractivity (Wildman–Crippen MR) is 103 cm³/mol. The summed E-state index contributed by atoms with van der Waals surface area (Å²) < 4.78 is 45.2. The maximum atomic E-state index is 13.0. The van der Waals surface area contributed by atoms with Crippen molar-refractivity contribution in [2.24, 2.45) is 0 Å². The number of rotatable bonds is 7. The van der Waals surface area contributed by atoms with E-state index in [0.717, 1.165) is 25.1 Å². The number of aryl methyl sites for hydroxylation is 1. The first kappa shape index (κ1) is 19.8. The van der Waals surface area contributed by atoms with Gasteiger partial charge in [0.25, 0.3) is 0 Å².